The molecule has 1 aliphatic carbocycles. The summed E-state index contributed by atoms with van der Waals surface area (Å²) in [7, 11) is 1.84. The smallest absolute Gasteiger partial charge is 0.433 e. The molecule has 35 heavy (non-hydrogen) atoms. The van der Waals surface area contributed by atoms with Gasteiger partial charge in [0.15, 0.2) is 0 Å². The average molecular weight is 495 g/mol. The maximum atomic E-state index is 13.5. The van der Waals surface area contributed by atoms with Crippen LogP contribution in [0, 0.1) is 11.3 Å². The van der Waals surface area contributed by atoms with Crippen LogP contribution in [0.2, 0.25) is 0 Å². The Kier molecular flexibility index (Phi) is 7.54. The summed E-state index contributed by atoms with van der Waals surface area (Å²) < 4.78 is 46.4. The second-order valence-electron chi connectivity index (χ2n) is 10.1. The summed E-state index contributed by atoms with van der Waals surface area (Å²) in [4.78, 5) is 8.05. The summed E-state index contributed by atoms with van der Waals surface area (Å²) in [5.74, 6) is 0.00805. The van der Waals surface area contributed by atoms with Crippen LogP contribution in [0.25, 0.3) is 0 Å². The van der Waals surface area contributed by atoms with Gasteiger partial charge in [0.05, 0.1) is 24.1 Å². The number of β-amino-alcohol motifs (C(OH)–C–C–N with tert-alkyl or cyclic N) is 1. The Morgan fingerprint density at radius 3 is 2.57 bits per heavy atom. The van der Waals surface area contributed by atoms with E-state index in [1.165, 1.54) is 0 Å². The van der Waals surface area contributed by atoms with Gasteiger partial charge < -0.3 is 9.84 Å². The molecule has 0 unspecified atom stereocenters. The summed E-state index contributed by atoms with van der Waals surface area (Å²) >= 11 is 0. The number of alkyl halides is 3. The second-order valence-corrected chi connectivity index (χ2v) is 10.1. The summed E-state index contributed by atoms with van der Waals surface area (Å²) in [6, 6.07) is 5.27. The van der Waals surface area contributed by atoms with E-state index in [0.717, 1.165) is 44.8 Å². The zero-order valence-electron chi connectivity index (χ0n) is 20.0. The van der Waals surface area contributed by atoms with Gasteiger partial charge in [-0.15, -0.1) is 0 Å². The number of likely N-dealkylation sites (N-methyl/N-ethyl adjacent to an activating group) is 1. The third-order valence-corrected chi connectivity index (χ3v) is 7.55. The molecule has 3 aliphatic rings. The third-order valence-electron chi connectivity index (χ3n) is 7.55. The van der Waals surface area contributed by atoms with Crippen LogP contribution in [0.15, 0.2) is 17.2 Å². The zero-order chi connectivity index (χ0) is 25.2. The van der Waals surface area contributed by atoms with Crippen molar-refractivity contribution in [3.05, 3.63) is 23.4 Å². The number of rotatable bonds is 8. The summed E-state index contributed by atoms with van der Waals surface area (Å²) in [6.07, 6.45) is -0.971. The van der Waals surface area contributed by atoms with Gasteiger partial charge in [-0.3, -0.25) is 14.8 Å². The lowest BCUT2D eigenvalue weighted by atomic mass is 9.81. The van der Waals surface area contributed by atoms with E-state index in [9.17, 15) is 23.5 Å². The molecule has 8 nitrogen and oxygen atoms in total. The maximum absolute atomic E-state index is 13.5. The first-order chi connectivity index (χ1) is 16.6. The molecule has 1 atom stereocenters. The van der Waals surface area contributed by atoms with Gasteiger partial charge in [0.2, 0.25) is 5.88 Å². The summed E-state index contributed by atoms with van der Waals surface area (Å²) in [5.41, 5.74) is -0.764. The number of nitriles is 1. The van der Waals surface area contributed by atoms with Crippen molar-refractivity contribution in [1.82, 2.24) is 19.8 Å². The lowest BCUT2D eigenvalue weighted by Gasteiger charge is -2.56. The van der Waals surface area contributed by atoms with E-state index >= 15 is 0 Å². The molecule has 1 saturated carbocycles. The van der Waals surface area contributed by atoms with Crippen molar-refractivity contribution in [3.63, 3.8) is 0 Å². The molecule has 1 N–H and O–H groups in total. The Morgan fingerprint density at radius 2 is 2.00 bits per heavy atom. The van der Waals surface area contributed by atoms with Gasteiger partial charge in [0.25, 0.3) is 0 Å². The Hall–Kier alpha value is -2.42. The number of hydrazone groups is 1. The third kappa shape index (κ3) is 5.88. The van der Waals surface area contributed by atoms with Gasteiger partial charge in [-0.1, -0.05) is 0 Å². The van der Waals surface area contributed by atoms with E-state index in [-0.39, 0.29) is 17.5 Å². The van der Waals surface area contributed by atoms with Crippen molar-refractivity contribution in [2.75, 3.05) is 33.2 Å². The van der Waals surface area contributed by atoms with E-state index in [0.29, 0.717) is 44.1 Å². The van der Waals surface area contributed by atoms with Gasteiger partial charge >= 0.3 is 6.18 Å². The fourth-order valence-electron chi connectivity index (χ4n) is 5.47. The number of hydrogen-bond acceptors (Lipinski definition) is 8. The van der Waals surface area contributed by atoms with Crippen LogP contribution in [0.5, 0.6) is 5.88 Å². The average Bonchev–Trinajstić information content (AvgIpc) is 3.19. The Labute approximate surface area is 204 Å². The minimum atomic E-state index is -4.56. The van der Waals surface area contributed by atoms with E-state index < -0.39 is 18.0 Å². The van der Waals surface area contributed by atoms with Crippen LogP contribution in [0.4, 0.5) is 13.2 Å². The van der Waals surface area contributed by atoms with Crippen LogP contribution in [0.3, 0.4) is 0 Å². The predicted octanol–water partition coefficient (Wildman–Crippen LogP) is 2.87. The number of aromatic nitrogens is 1. The predicted molar refractivity (Wildman–Crippen MR) is 124 cm³/mol. The minimum Gasteiger partial charge on any atom is -0.474 e. The van der Waals surface area contributed by atoms with Crippen LogP contribution >= 0.6 is 0 Å². The van der Waals surface area contributed by atoms with Crippen LogP contribution in [-0.4, -0.2) is 88.6 Å². The molecule has 1 aromatic heterocycles. The number of aliphatic hydroxyl groups is 1. The SMILES string of the molecule is C=NN(C)C1(CC#N)CN(C2CCC(Oc3cc(CN4CC[C@H](O)C4)cc(C(F)(F)F)n3)CC2)C1. The fraction of sp³-hybridized carbons (Fsp3) is 0.708. The summed E-state index contributed by atoms with van der Waals surface area (Å²) in [5, 5.41) is 24.7. The fourth-order valence-corrected chi connectivity index (χ4v) is 5.47. The highest BCUT2D eigenvalue weighted by Crippen LogP contribution is 2.37. The minimum absolute atomic E-state index is 0.00805. The lowest BCUT2D eigenvalue weighted by Crippen LogP contribution is -2.70. The number of nitrogens with zero attached hydrogens (tertiary/aromatic N) is 6. The molecule has 0 aromatic carbocycles. The van der Waals surface area contributed by atoms with Gasteiger partial charge in [-0.25, -0.2) is 4.98 Å². The number of aliphatic hydroxyl groups excluding tert-OH is 1. The van der Waals surface area contributed by atoms with Crippen LogP contribution in [0.1, 0.15) is 49.8 Å². The van der Waals surface area contributed by atoms with E-state index in [2.05, 4.69) is 27.8 Å². The molecule has 2 saturated heterocycles. The normalized spacial score (nSPS) is 27.1. The molecule has 0 bridgehead atoms. The second kappa shape index (κ2) is 10.3. The first-order valence-electron chi connectivity index (χ1n) is 12.1. The number of halogens is 3. The Balaban J connectivity index is 1.35. The Bertz CT molecular complexity index is 938. The van der Waals surface area contributed by atoms with Crippen molar-refractivity contribution in [2.24, 2.45) is 5.10 Å². The summed E-state index contributed by atoms with van der Waals surface area (Å²) in [6.45, 7) is 6.49. The topological polar surface area (TPSA) is 88.2 Å². The highest BCUT2D eigenvalue weighted by molar-refractivity contribution is 5.27. The molecule has 192 valence electrons. The highest BCUT2D eigenvalue weighted by Gasteiger charge is 2.49. The molecule has 0 spiro atoms. The van der Waals surface area contributed by atoms with E-state index in [1.54, 1.807) is 11.1 Å². The van der Waals surface area contributed by atoms with E-state index in [1.807, 2.05) is 11.9 Å². The van der Waals surface area contributed by atoms with Crippen molar-refractivity contribution in [1.29, 1.82) is 5.26 Å². The van der Waals surface area contributed by atoms with Gasteiger partial charge in [0.1, 0.15) is 11.8 Å². The van der Waals surface area contributed by atoms with Crippen molar-refractivity contribution < 1.29 is 23.0 Å². The Morgan fingerprint density at radius 1 is 1.29 bits per heavy atom. The molecule has 2 aliphatic heterocycles. The van der Waals surface area contributed by atoms with Crippen molar-refractivity contribution in [2.45, 2.75) is 75.0 Å². The number of hydrogen-bond donors (Lipinski definition) is 1. The zero-order valence-corrected chi connectivity index (χ0v) is 20.0. The molecular weight excluding hydrogens is 461 g/mol. The molecule has 0 radical (unpaired) electrons. The van der Waals surface area contributed by atoms with Crippen molar-refractivity contribution >= 4 is 6.72 Å². The van der Waals surface area contributed by atoms with Crippen molar-refractivity contribution in [3.8, 4) is 11.9 Å². The van der Waals surface area contributed by atoms with Crippen LogP contribution in [-0.2, 0) is 12.7 Å². The molecule has 4 rings (SSSR count). The maximum Gasteiger partial charge on any atom is 0.433 e. The van der Waals surface area contributed by atoms with Gasteiger partial charge in [0, 0.05) is 58.6 Å². The number of ether oxygens (including phenoxy) is 1. The molecular formula is C24H33F3N6O2. The first kappa shape index (κ1) is 25.7. The number of pyridine rings is 1. The van der Waals surface area contributed by atoms with Crippen LogP contribution < -0.4 is 4.74 Å². The number of likely N-dealkylation sites (tertiary alicyclic amines) is 2. The quantitative estimate of drug-likeness (QED) is 0.439. The monoisotopic (exact) mass is 494 g/mol. The highest BCUT2D eigenvalue weighted by atomic mass is 19.4. The molecule has 0 amide bonds. The molecule has 3 fully saturated rings. The molecule has 3 heterocycles. The first-order valence-corrected chi connectivity index (χ1v) is 12.1. The largest absolute Gasteiger partial charge is 0.474 e. The molecule has 1 aromatic rings. The van der Waals surface area contributed by atoms with E-state index in [4.69, 9.17) is 4.74 Å². The standard InChI is InChI=1S/C24H33F3N6O2/c1-29-31(2)23(8-9-28)15-33(16-23)18-3-5-20(6-4-18)35-22-12-17(11-21(30-22)24(25,26)27)13-32-10-7-19(34)14-32/h11-12,18-20,34H,1,3-8,10,13-16H2,2H3/t18?,19-,20?/m0/s1. The lowest BCUT2D eigenvalue weighted by molar-refractivity contribution is -0.141. The van der Waals surface area contributed by atoms with Gasteiger partial charge in [-0.05, 0) is 43.7 Å². The van der Waals surface area contributed by atoms with Gasteiger partial charge in [-0.2, -0.15) is 23.5 Å². The molecule has 11 heteroatoms.